The van der Waals surface area contributed by atoms with Crippen LogP contribution in [0.4, 0.5) is 0 Å². The highest BCUT2D eigenvalue weighted by Gasteiger charge is 2.26. The van der Waals surface area contributed by atoms with E-state index in [1.165, 1.54) is 6.42 Å². The van der Waals surface area contributed by atoms with Crippen LogP contribution < -0.4 is 5.73 Å². The van der Waals surface area contributed by atoms with Crippen molar-refractivity contribution in [3.8, 4) is 0 Å². The molecule has 0 radical (unpaired) electrons. The molecule has 1 fully saturated rings. The van der Waals surface area contributed by atoms with Gasteiger partial charge in [0.2, 0.25) is 0 Å². The molecular formula is C9H16N4. The molecule has 1 aromatic heterocycles. The summed E-state index contributed by atoms with van der Waals surface area (Å²) in [4.78, 5) is 4.30. The Balaban J connectivity index is 2.16. The Kier molecular flexibility index (Phi) is 2.31. The highest BCUT2D eigenvalue weighted by Crippen LogP contribution is 2.31. The lowest BCUT2D eigenvalue weighted by molar-refractivity contribution is 0.551. The lowest BCUT2D eigenvalue weighted by atomic mass is 10.1. The lowest BCUT2D eigenvalue weighted by Gasteiger charge is -2.09. The third kappa shape index (κ3) is 1.58. The molecule has 1 aromatic rings. The third-order valence-corrected chi connectivity index (χ3v) is 2.78. The van der Waals surface area contributed by atoms with Gasteiger partial charge in [0.15, 0.2) is 0 Å². The van der Waals surface area contributed by atoms with Crippen LogP contribution in [0.25, 0.3) is 0 Å². The summed E-state index contributed by atoms with van der Waals surface area (Å²) in [6.07, 6.45) is 5.00. The van der Waals surface area contributed by atoms with Crippen molar-refractivity contribution in [3.05, 3.63) is 12.2 Å². The largest absolute Gasteiger partial charge is 0.328 e. The summed E-state index contributed by atoms with van der Waals surface area (Å²) in [6, 6.07) is 0.368. The number of hydrogen-bond acceptors (Lipinski definition) is 3. The van der Waals surface area contributed by atoms with Crippen molar-refractivity contribution in [2.45, 2.75) is 44.7 Å². The van der Waals surface area contributed by atoms with E-state index in [0.29, 0.717) is 12.0 Å². The monoisotopic (exact) mass is 180 g/mol. The molecule has 13 heavy (non-hydrogen) atoms. The molecule has 4 heteroatoms. The van der Waals surface area contributed by atoms with Crippen LogP contribution in [0.2, 0.25) is 0 Å². The standard InChI is InChI=1S/C9H16N4/c1-2-13-9(11-6-12-13)7-3-4-8(10)5-7/h6-8H,2-5,10H2,1H3. The zero-order valence-corrected chi connectivity index (χ0v) is 7.98. The van der Waals surface area contributed by atoms with Crippen molar-refractivity contribution in [3.63, 3.8) is 0 Å². The van der Waals surface area contributed by atoms with Gasteiger partial charge in [-0.15, -0.1) is 0 Å². The van der Waals surface area contributed by atoms with E-state index in [-0.39, 0.29) is 0 Å². The van der Waals surface area contributed by atoms with E-state index in [9.17, 15) is 0 Å². The fourth-order valence-electron chi connectivity index (χ4n) is 2.08. The molecule has 0 aliphatic heterocycles. The summed E-state index contributed by atoms with van der Waals surface area (Å²) in [5.74, 6) is 1.66. The molecule has 0 aromatic carbocycles. The highest BCUT2D eigenvalue weighted by atomic mass is 15.3. The summed E-state index contributed by atoms with van der Waals surface area (Å²) < 4.78 is 1.97. The number of hydrogen-bond donors (Lipinski definition) is 1. The second-order valence-electron chi connectivity index (χ2n) is 3.70. The molecule has 2 unspecified atom stereocenters. The van der Waals surface area contributed by atoms with Crippen molar-refractivity contribution < 1.29 is 0 Å². The zero-order valence-electron chi connectivity index (χ0n) is 7.98. The second-order valence-corrected chi connectivity index (χ2v) is 3.70. The van der Waals surface area contributed by atoms with Crippen molar-refractivity contribution in [2.75, 3.05) is 0 Å². The topological polar surface area (TPSA) is 56.7 Å². The maximum Gasteiger partial charge on any atom is 0.138 e. The van der Waals surface area contributed by atoms with Gasteiger partial charge in [0, 0.05) is 18.5 Å². The predicted molar refractivity (Wildman–Crippen MR) is 50.3 cm³/mol. The minimum atomic E-state index is 0.368. The van der Waals surface area contributed by atoms with Gasteiger partial charge >= 0.3 is 0 Å². The third-order valence-electron chi connectivity index (χ3n) is 2.78. The Morgan fingerprint density at radius 2 is 2.46 bits per heavy atom. The minimum absolute atomic E-state index is 0.368. The summed E-state index contributed by atoms with van der Waals surface area (Å²) in [5.41, 5.74) is 5.87. The number of nitrogens with zero attached hydrogens (tertiary/aromatic N) is 3. The quantitative estimate of drug-likeness (QED) is 0.735. The van der Waals surface area contributed by atoms with Crippen LogP contribution in [0.5, 0.6) is 0 Å². The van der Waals surface area contributed by atoms with Crippen molar-refractivity contribution >= 4 is 0 Å². The number of aromatic nitrogens is 3. The number of aryl methyl sites for hydroxylation is 1. The van der Waals surface area contributed by atoms with Gasteiger partial charge in [-0.25, -0.2) is 4.98 Å². The Morgan fingerprint density at radius 1 is 1.62 bits per heavy atom. The zero-order chi connectivity index (χ0) is 9.26. The van der Waals surface area contributed by atoms with E-state index in [1.54, 1.807) is 6.33 Å². The first-order chi connectivity index (χ1) is 6.31. The van der Waals surface area contributed by atoms with Crippen LogP contribution in [0.1, 0.15) is 37.9 Å². The predicted octanol–water partition coefficient (Wildman–Crippen LogP) is 0.893. The second kappa shape index (κ2) is 3.46. The van der Waals surface area contributed by atoms with Gasteiger partial charge in [-0.1, -0.05) is 0 Å². The van der Waals surface area contributed by atoms with Crippen LogP contribution in [-0.4, -0.2) is 20.8 Å². The minimum Gasteiger partial charge on any atom is -0.328 e. The van der Waals surface area contributed by atoms with Crippen molar-refractivity contribution in [2.24, 2.45) is 5.73 Å². The molecule has 1 saturated carbocycles. The molecule has 0 bridgehead atoms. The molecule has 2 rings (SSSR count). The molecule has 0 amide bonds. The molecule has 0 saturated heterocycles. The van der Waals surface area contributed by atoms with Crippen LogP contribution in [0.3, 0.4) is 0 Å². The van der Waals surface area contributed by atoms with E-state index < -0.39 is 0 Å². The Morgan fingerprint density at radius 3 is 3.08 bits per heavy atom. The van der Waals surface area contributed by atoms with E-state index in [1.807, 2.05) is 4.68 Å². The Hall–Kier alpha value is -0.900. The molecule has 1 heterocycles. The maximum absolute atomic E-state index is 5.87. The number of rotatable bonds is 2. The van der Waals surface area contributed by atoms with Gasteiger partial charge in [0.25, 0.3) is 0 Å². The molecule has 4 nitrogen and oxygen atoms in total. The highest BCUT2D eigenvalue weighted by molar-refractivity contribution is 5.01. The maximum atomic E-state index is 5.87. The normalized spacial score (nSPS) is 28.2. The first-order valence-electron chi connectivity index (χ1n) is 4.94. The summed E-state index contributed by atoms with van der Waals surface area (Å²) in [5, 5.41) is 4.17. The average Bonchev–Trinajstić information content (AvgIpc) is 2.71. The average molecular weight is 180 g/mol. The van der Waals surface area contributed by atoms with Crippen molar-refractivity contribution in [1.29, 1.82) is 0 Å². The summed E-state index contributed by atoms with van der Waals surface area (Å²) >= 11 is 0. The van der Waals surface area contributed by atoms with Gasteiger partial charge < -0.3 is 5.73 Å². The first kappa shape index (κ1) is 8.69. The smallest absolute Gasteiger partial charge is 0.138 e. The van der Waals surface area contributed by atoms with Crippen LogP contribution in [-0.2, 0) is 6.54 Å². The van der Waals surface area contributed by atoms with E-state index in [0.717, 1.165) is 25.2 Å². The molecule has 1 aliphatic rings. The van der Waals surface area contributed by atoms with Gasteiger partial charge in [0.1, 0.15) is 12.2 Å². The number of nitrogens with two attached hydrogens (primary N) is 1. The van der Waals surface area contributed by atoms with Gasteiger partial charge in [-0.05, 0) is 26.2 Å². The summed E-state index contributed by atoms with van der Waals surface area (Å²) in [6.45, 7) is 2.99. The molecule has 1 aliphatic carbocycles. The van der Waals surface area contributed by atoms with Crippen LogP contribution in [0.15, 0.2) is 6.33 Å². The lowest BCUT2D eigenvalue weighted by Crippen LogP contribution is -2.15. The van der Waals surface area contributed by atoms with Gasteiger partial charge in [-0.2, -0.15) is 5.10 Å². The Labute approximate surface area is 78.1 Å². The molecule has 2 atom stereocenters. The van der Waals surface area contributed by atoms with Crippen LogP contribution >= 0.6 is 0 Å². The van der Waals surface area contributed by atoms with Gasteiger partial charge in [-0.3, -0.25) is 4.68 Å². The molecule has 2 N–H and O–H groups in total. The fourth-order valence-corrected chi connectivity index (χ4v) is 2.08. The van der Waals surface area contributed by atoms with E-state index in [2.05, 4.69) is 17.0 Å². The SMILES string of the molecule is CCn1ncnc1C1CCC(N)C1. The van der Waals surface area contributed by atoms with E-state index >= 15 is 0 Å². The summed E-state index contributed by atoms with van der Waals surface area (Å²) in [7, 11) is 0. The van der Waals surface area contributed by atoms with E-state index in [4.69, 9.17) is 5.73 Å². The van der Waals surface area contributed by atoms with Crippen LogP contribution in [0, 0.1) is 0 Å². The van der Waals surface area contributed by atoms with Crippen molar-refractivity contribution in [1.82, 2.24) is 14.8 Å². The fraction of sp³-hybridized carbons (Fsp3) is 0.778. The molecular weight excluding hydrogens is 164 g/mol. The van der Waals surface area contributed by atoms with Gasteiger partial charge in [0.05, 0.1) is 0 Å². The molecule has 72 valence electrons. The first-order valence-corrected chi connectivity index (χ1v) is 4.94. The molecule has 0 spiro atoms. The Bertz CT molecular complexity index is 281.